The molecule has 176 valence electrons. The quantitative estimate of drug-likeness (QED) is 0.576. The molecule has 1 amide bonds. The van der Waals surface area contributed by atoms with Crippen LogP contribution in [0.15, 0.2) is 30.6 Å². The van der Waals surface area contributed by atoms with Crippen molar-refractivity contribution >= 4 is 22.9 Å². The topological polar surface area (TPSA) is 100.0 Å². The Bertz CT molecular complexity index is 1240. The first-order valence-electron chi connectivity index (χ1n) is 10.1. The lowest BCUT2D eigenvalue weighted by Crippen LogP contribution is -2.65. The van der Waals surface area contributed by atoms with Gasteiger partial charge in [-0.3, -0.25) is 9.69 Å². The lowest BCUT2D eigenvalue weighted by Gasteiger charge is -2.47. The molecule has 33 heavy (non-hydrogen) atoms. The predicted molar refractivity (Wildman–Crippen MR) is 113 cm³/mol. The number of fused-ring (bicyclic) bond motifs is 1. The molecule has 1 aliphatic rings. The highest BCUT2D eigenvalue weighted by Crippen LogP contribution is 2.40. The minimum atomic E-state index is -4.77. The lowest BCUT2D eigenvalue weighted by atomic mass is 9.96. The summed E-state index contributed by atoms with van der Waals surface area (Å²) in [5.41, 5.74) is 2.53. The van der Waals surface area contributed by atoms with Crippen LogP contribution in [0.5, 0.6) is 0 Å². The van der Waals surface area contributed by atoms with Gasteiger partial charge >= 0.3 is 6.18 Å². The molecule has 1 aromatic carbocycles. The van der Waals surface area contributed by atoms with Gasteiger partial charge in [-0.25, -0.2) is 13.9 Å². The highest BCUT2D eigenvalue weighted by Gasteiger charge is 2.45. The number of halogens is 4. The van der Waals surface area contributed by atoms with Crippen molar-refractivity contribution in [2.45, 2.75) is 38.7 Å². The summed E-state index contributed by atoms with van der Waals surface area (Å²) >= 11 is 0. The number of hydrogen-bond acceptors (Lipinski definition) is 6. The molecule has 1 fully saturated rings. The third kappa shape index (κ3) is 3.59. The molecule has 0 saturated carbocycles. The minimum absolute atomic E-state index is 0.0821. The van der Waals surface area contributed by atoms with E-state index in [9.17, 15) is 23.1 Å². The molecule has 0 aliphatic carbocycles. The average molecular weight is 466 g/mol. The van der Waals surface area contributed by atoms with Gasteiger partial charge in [-0.15, -0.1) is 0 Å². The summed E-state index contributed by atoms with van der Waals surface area (Å²) < 4.78 is 57.5. The molecule has 0 spiro atoms. The number of alkyl halides is 3. The summed E-state index contributed by atoms with van der Waals surface area (Å²) in [6, 6.07) is 4.90. The molecule has 1 saturated heterocycles. The zero-order valence-electron chi connectivity index (χ0n) is 18.1. The van der Waals surface area contributed by atoms with Gasteiger partial charge in [0.25, 0.3) is 0 Å². The zero-order valence-corrected chi connectivity index (χ0v) is 18.1. The molecular weight excluding hydrogens is 444 g/mol. The van der Waals surface area contributed by atoms with Gasteiger partial charge < -0.3 is 15.7 Å². The Morgan fingerprint density at radius 3 is 2.58 bits per heavy atom. The molecule has 8 nitrogen and oxygen atoms in total. The van der Waals surface area contributed by atoms with Crippen molar-refractivity contribution in [3.8, 4) is 11.3 Å². The number of carbonyl (C=O) groups excluding carboxylic acids is 1. The fraction of sp³-hybridized carbons (Fsp3) is 0.381. The van der Waals surface area contributed by atoms with Crippen LogP contribution in [-0.2, 0) is 11.0 Å². The molecule has 3 heterocycles. The Labute approximate surface area is 186 Å². The average Bonchev–Trinajstić information content (AvgIpc) is 3.11. The van der Waals surface area contributed by atoms with Gasteiger partial charge in [0, 0.05) is 18.7 Å². The van der Waals surface area contributed by atoms with E-state index in [-0.39, 0.29) is 30.0 Å². The standard InChI is InChI=1S/C21H22F4N6O2/c1-11(32)30-8-7-29(19(33)20(30,2)3)14-6-4-5-12(16(14)22)15-9-13(21(23,24)25)17-18(26)27-10-28-31(15)17/h4-6,9-11,32H,7-8H2,1-3H3,(H2,26,27,28). The molecule has 0 bridgehead atoms. The van der Waals surface area contributed by atoms with E-state index in [4.69, 9.17) is 5.73 Å². The van der Waals surface area contributed by atoms with E-state index in [0.717, 1.165) is 16.9 Å². The zero-order chi connectivity index (χ0) is 24.3. The first-order valence-corrected chi connectivity index (χ1v) is 10.1. The number of aliphatic hydroxyl groups is 1. The third-order valence-electron chi connectivity index (χ3n) is 5.94. The molecule has 1 aliphatic heterocycles. The third-order valence-corrected chi connectivity index (χ3v) is 5.94. The van der Waals surface area contributed by atoms with Crippen molar-refractivity contribution < 1.29 is 27.5 Å². The maximum atomic E-state index is 15.7. The van der Waals surface area contributed by atoms with Gasteiger partial charge in [-0.2, -0.15) is 18.3 Å². The Balaban J connectivity index is 1.86. The van der Waals surface area contributed by atoms with Crippen molar-refractivity contribution in [1.82, 2.24) is 19.5 Å². The number of piperazine rings is 1. The summed E-state index contributed by atoms with van der Waals surface area (Å²) in [5.74, 6) is -1.72. The number of nitrogen functional groups attached to an aromatic ring is 1. The normalized spacial score (nSPS) is 18.2. The van der Waals surface area contributed by atoms with Crippen LogP contribution in [0.4, 0.5) is 29.1 Å². The van der Waals surface area contributed by atoms with Crippen LogP contribution in [0.3, 0.4) is 0 Å². The van der Waals surface area contributed by atoms with Crippen molar-refractivity contribution in [3.63, 3.8) is 0 Å². The highest BCUT2D eigenvalue weighted by atomic mass is 19.4. The molecule has 1 unspecified atom stereocenters. The van der Waals surface area contributed by atoms with E-state index >= 15 is 4.39 Å². The molecule has 3 N–H and O–H groups in total. The van der Waals surface area contributed by atoms with Crippen LogP contribution in [0.25, 0.3) is 16.8 Å². The molecule has 2 aromatic heterocycles. The lowest BCUT2D eigenvalue weighted by molar-refractivity contribution is -0.140. The number of aromatic nitrogens is 3. The van der Waals surface area contributed by atoms with E-state index in [1.54, 1.807) is 18.7 Å². The van der Waals surface area contributed by atoms with Crippen LogP contribution in [0, 0.1) is 5.82 Å². The minimum Gasteiger partial charge on any atom is -0.382 e. The number of nitrogens with two attached hydrogens (primary N) is 1. The van der Waals surface area contributed by atoms with Crippen molar-refractivity contribution in [1.29, 1.82) is 0 Å². The van der Waals surface area contributed by atoms with E-state index in [2.05, 4.69) is 10.1 Å². The van der Waals surface area contributed by atoms with E-state index < -0.39 is 46.6 Å². The van der Waals surface area contributed by atoms with E-state index in [1.807, 2.05) is 0 Å². The SMILES string of the molecule is CC(O)N1CCN(c2cccc(-c3cc(C(F)(F)F)c4c(N)ncnn34)c2F)C(=O)C1(C)C. The fourth-order valence-corrected chi connectivity index (χ4v) is 4.33. The number of benzene rings is 1. The van der Waals surface area contributed by atoms with Gasteiger partial charge in [0.1, 0.15) is 18.1 Å². The van der Waals surface area contributed by atoms with Gasteiger partial charge in [0.2, 0.25) is 5.91 Å². The predicted octanol–water partition coefficient (Wildman–Crippen LogP) is 2.90. The summed E-state index contributed by atoms with van der Waals surface area (Å²) in [6.45, 7) is 5.13. The van der Waals surface area contributed by atoms with Gasteiger partial charge in [-0.05, 0) is 39.0 Å². The number of hydrogen-bond donors (Lipinski definition) is 2. The number of aliphatic hydroxyl groups excluding tert-OH is 1. The molecule has 4 rings (SSSR count). The van der Waals surface area contributed by atoms with E-state index in [1.165, 1.54) is 30.0 Å². The maximum absolute atomic E-state index is 15.7. The van der Waals surface area contributed by atoms with Crippen LogP contribution in [-0.4, -0.2) is 55.4 Å². The van der Waals surface area contributed by atoms with Gasteiger partial charge in [0.05, 0.1) is 22.5 Å². The second-order valence-electron chi connectivity index (χ2n) is 8.33. The first kappa shape index (κ1) is 22.9. The maximum Gasteiger partial charge on any atom is 0.418 e. The summed E-state index contributed by atoms with van der Waals surface area (Å²) in [7, 11) is 0. The van der Waals surface area contributed by atoms with Crippen molar-refractivity contribution in [2.24, 2.45) is 0 Å². The number of amides is 1. The Kier molecular flexibility index (Phi) is 5.32. The number of rotatable bonds is 3. The Morgan fingerprint density at radius 1 is 1.24 bits per heavy atom. The monoisotopic (exact) mass is 466 g/mol. The fourth-order valence-electron chi connectivity index (χ4n) is 4.33. The summed E-state index contributed by atoms with van der Waals surface area (Å²) in [6.07, 6.45) is -4.68. The highest BCUT2D eigenvalue weighted by molar-refractivity contribution is 6.01. The van der Waals surface area contributed by atoms with Crippen LogP contribution in [0.1, 0.15) is 26.3 Å². The van der Waals surface area contributed by atoms with Crippen LogP contribution < -0.4 is 10.6 Å². The molecule has 3 aromatic rings. The van der Waals surface area contributed by atoms with E-state index in [0.29, 0.717) is 0 Å². The van der Waals surface area contributed by atoms with Crippen molar-refractivity contribution in [2.75, 3.05) is 23.7 Å². The smallest absolute Gasteiger partial charge is 0.382 e. The second kappa shape index (κ2) is 7.66. The number of nitrogens with zero attached hydrogens (tertiary/aromatic N) is 5. The Morgan fingerprint density at radius 2 is 1.94 bits per heavy atom. The molecule has 12 heteroatoms. The number of anilines is 2. The number of carbonyl (C=O) groups is 1. The summed E-state index contributed by atoms with van der Waals surface area (Å²) in [4.78, 5) is 19.6. The van der Waals surface area contributed by atoms with Crippen LogP contribution in [0.2, 0.25) is 0 Å². The van der Waals surface area contributed by atoms with Gasteiger partial charge in [-0.1, -0.05) is 6.07 Å². The summed E-state index contributed by atoms with van der Waals surface area (Å²) in [5, 5.41) is 13.8. The first-order chi connectivity index (χ1) is 15.4. The van der Waals surface area contributed by atoms with Gasteiger partial charge in [0.15, 0.2) is 11.6 Å². The molecule has 0 radical (unpaired) electrons. The largest absolute Gasteiger partial charge is 0.418 e. The molecule has 1 atom stereocenters. The second-order valence-corrected chi connectivity index (χ2v) is 8.33. The van der Waals surface area contributed by atoms with Crippen LogP contribution >= 0.6 is 0 Å². The molecular formula is C21H22F4N6O2. The Hall–Kier alpha value is -3.25. The van der Waals surface area contributed by atoms with Crippen molar-refractivity contribution in [3.05, 3.63) is 42.0 Å².